The van der Waals surface area contributed by atoms with Gasteiger partial charge in [-0.25, -0.2) is 4.39 Å². The van der Waals surface area contributed by atoms with Crippen molar-refractivity contribution in [3.05, 3.63) is 52.4 Å². The van der Waals surface area contributed by atoms with Crippen molar-refractivity contribution in [2.24, 2.45) is 0 Å². The molecule has 21 heavy (non-hydrogen) atoms. The minimum absolute atomic E-state index is 0.178. The quantitative estimate of drug-likeness (QED) is 0.946. The van der Waals surface area contributed by atoms with E-state index in [0.29, 0.717) is 17.4 Å². The predicted octanol–water partition coefficient (Wildman–Crippen LogP) is 3.19. The number of nitrogens with zero attached hydrogens (tertiary/aromatic N) is 3. The lowest BCUT2D eigenvalue weighted by molar-refractivity contribution is 0.243. The minimum atomic E-state index is -0.266. The molecule has 1 aromatic carbocycles. The smallest absolute Gasteiger partial charge is 0.146 e. The number of rotatable bonds is 3. The lowest BCUT2D eigenvalue weighted by Gasteiger charge is -2.24. The summed E-state index contributed by atoms with van der Waals surface area (Å²) in [6, 6.07) is 8.30. The van der Waals surface area contributed by atoms with Crippen LogP contribution in [0.2, 0.25) is 5.02 Å². The monoisotopic (exact) mass is 306 g/mol. The number of aromatic nitrogens is 2. The molecule has 3 rings (SSSR count). The van der Waals surface area contributed by atoms with E-state index in [9.17, 15) is 4.39 Å². The van der Waals surface area contributed by atoms with Crippen molar-refractivity contribution in [1.82, 2.24) is 15.1 Å². The molecule has 1 aliphatic rings. The summed E-state index contributed by atoms with van der Waals surface area (Å²) in [5, 5.41) is 8.67. The van der Waals surface area contributed by atoms with E-state index in [1.165, 1.54) is 12.1 Å². The van der Waals surface area contributed by atoms with E-state index in [1.54, 1.807) is 12.1 Å². The van der Waals surface area contributed by atoms with Gasteiger partial charge in [0, 0.05) is 11.6 Å². The third kappa shape index (κ3) is 3.14. The molecule has 1 atom stereocenters. The summed E-state index contributed by atoms with van der Waals surface area (Å²) in [5.74, 6) is 0.147. The van der Waals surface area contributed by atoms with Crippen LogP contribution in [0.1, 0.15) is 30.1 Å². The van der Waals surface area contributed by atoms with Gasteiger partial charge < -0.3 is 5.73 Å². The predicted molar refractivity (Wildman–Crippen MR) is 80.2 cm³/mol. The second-order valence-electron chi connectivity index (χ2n) is 5.25. The molecule has 0 radical (unpaired) electrons. The van der Waals surface area contributed by atoms with Crippen LogP contribution in [-0.2, 0) is 6.54 Å². The zero-order chi connectivity index (χ0) is 14.8. The third-order valence-electron chi connectivity index (χ3n) is 3.79. The maximum atomic E-state index is 13.4. The number of hydrogen-bond acceptors (Lipinski definition) is 4. The first-order chi connectivity index (χ1) is 10.1. The van der Waals surface area contributed by atoms with Gasteiger partial charge in [0.25, 0.3) is 0 Å². The van der Waals surface area contributed by atoms with Crippen molar-refractivity contribution in [1.29, 1.82) is 0 Å². The van der Waals surface area contributed by atoms with Gasteiger partial charge >= 0.3 is 0 Å². The Labute approximate surface area is 127 Å². The number of halogens is 2. The Morgan fingerprint density at radius 1 is 1.29 bits per heavy atom. The van der Waals surface area contributed by atoms with Crippen LogP contribution in [0.25, 0.3) is 0 Å². The van der Waals surface area contributed by atoms with Gasteiger partial charge in [-0.15, -0.1) is 5.10 Å². The van der Waals surface area contributed by atoms with Crippen LogP contribution in [0.4, 0.5) is 10.2 Å². The largest absolute Gasteiger partial charge is 0.382 e. The number of benzene rings is 1. The van der Waals surface area contributed by atoms with Crippen LogP contribution in [0.5, 0.6) is 0 Å². The molecular formula is C15H16ClFN4. The van der Waals surface area contributed by atoms with Gasteiger partial charge in [-0.05, 0) is 55.3 Å². The lowest BCUT2D eigenvalue weighted by atomic mass is 10.1. The van der Waals surface area contributed by atoms with Crippen molar-refractivity contribution in [2.45, 2.75) is 25.4 Å². The molecule has 1 unspecified atom stereocenters. The molecule has 0 amide bonds. The molecule has 110 valence electrons. The molecule has 1 aromatic heterocycles. The normalized spacial score (nSPS) is 19.0. The van der Waals surface area contributed by atoms with Crippen molar-refractivity contribution < 1.29 is 4.39 Å². The zero-order valence-corrected chi connectivity index (χ0v) is 12.2. The van der Waals surface area contributed by atoms with E-state index in [1.807, 2.05) is 6.07 Å². The molecular weight excluding hydrogens is 291 g/mol. The average Bonchev–Trinajstić information content (AvgIpc) is 2.92. The zero-order valence-electron chi connectivity index (χ0n) is 11.5. The Bertz CT molecular complexity index is 632. The Kier molecular flexibility index (Phi) is 4.03. The molecule has 1 aliphatic heterocycles. The van der Waals surface area contributed by atoms with Gasteiger partial charge in [-0.3, -0.25) is 4.90 Å². The summed E-state index contributed by atoms with van der Waals surface area (Å²) < 4.78 is 13.4. The molecule has 1 fully saturated rings. The van der Waals surface area contributed by atoms with Crippen LogP contribution in [0, 0.1) is 5.82 Å². The van der Waals surface area contributed by atoms with Crippen LogP contribution in [-0.4, -0.2) is 21.6 Å². The van der Waals surface area contributed by atoms with Crippen LogP contribution >= 0.6 is 11.6 Å². The highest BCUT2D eigenvalue weighted by Crippen LogP contribution is 2.33. The van der Waals surface area contributed by atoms with Crippen molar-refractivity contribution in [2.75, 3.05) is 12.3 Å². The van der Waals surface area contributed by atoms with E-state index in [0.717, 1.165) is 30.6 Å². The molecule has 0 spiro atoms. The fourth-order valence-corrected chi connectivity index (χ4v) is 2.94. The average molecular weight is 307 g/mol. The first-order valence-electron chi connectivity index (χ1n) is 6.90. The van der Waals surface area contributed by atoms with Crippen LogP contribution in [0.3, 0.4) is 0 Å². The van der Waals surface area contributed by atoms with E-state index in [4.69, 9.17) is 17.3 Å². The van der Waals surface area contributed by atoms with Crippen molar-refractivity contribution in [3.63, 3.8) is 0 Å². The summed E-state index contributed by atoms with van der Waals surface area (Å²) in [6.07, 6.45) is 2.08. The highest BCUT2D eigenvalue weighted by molar-refractivity contribution is 6.31. The Morgan fingerprint density at radius 3 is 2.90 bits per heavy atom. The lowest BCUT2D eigenvalue weighted by Crippen LogP contribution is -2.24. The first-order valence-corrected chi connectivity index (χ1v) is 7.28. The maximum Gasteiger partial charge on any atom is 0.146 e. The van der Waals surface area contributed by atoms with Gasteiger partial charge in [-0.2, -0.15) is 5.10 Å². The number of anilines is 1. The molecule has 2 heterocycles. The molecule has 0 saturated carbocycles. The minimum Gasteiger partial charge on any atom is -0.382 e. The van der Waals surface area contributed by atoms with E-state index >= 15 is 0 Å². The van der Waals surface area contributed by atoms with Crippen LogP contribution in [0.15, 0.2) is 30.3 Å². The molecule has 2 aromatic rings. The summed E-state index contributed by atoms with van der Waals surface area (Å²) in [6.45, 7) is 1.54. The van der Waals surface area contributed by atoms with Gasteiger partial charge in [0.1, 0.15) is 11.6 Å². The molecule has 2 N–H and O–H groups in total. The number of hydrogen-bond donors (Lipinski definition) is 1. The molecule has 1 saturated heterocycles. The third-order valence-corrected chi connectivity index (χ3v) is 4.16. The second-order valence-corrected chi connectivity index (χ2v) is 5.65. The highest BCUT2D eigenvalue weighted by Gasteiger charge is 2.27. The summed E-state index contributed by atoms with van der Waals surface area (Å²) in [5.41, 5.74) is 7.27. The summed E-state index contributed by atoms with van der Waals surface area (Å²) >= 11 is 6.15. The van der Waals surface area contributed by atoms with Gasteiger partial charge in [-0.1, -0.05) is 11.6 Å². The van der Waals surface area contributed by atoms with Crippen LogP contribution < -0.4 is 5.73 Å². The number of nitrogens with two attached hydrogens (primary N) is 1. The molecule has 6 heteroatoms. The van der Waals surface area contributed by atoms with Gasteiger partial charge in [0.15, 0.2) is 0 Å². The first kappa shape index (κ1) is 14.2. The molecule has 0 aliphatic carbocycles. The SMILES string of the molecule is Nc1ccc(C2CCCN2Cc2cc(F)ccc2Cl)nn1. The number of nitrogen functional groups attached to an aromatic ring is 1. The highest BCUT2D eigenvalue weighted by atomic mass is 35.5. The summed E-state index contributed by atoms with van der Waals surface area (Å²) in [7, 11) is 0. The molecule has 0 bridgehead atoms. The van der Waals surface area contributed by atoms with E-state index in [-0.39, 0.29) is 11.9 Å². The molecule has 4 nitrogen and oxygen atoms in total. The number of likely N-dealkylation sites (tertiary alicyclic amines) is 1. The Balaban J connectivity index is 1.81. The summed E-state index contributed by atoms with van der Waals surface area (Å²) in [4.78, 5) is 2.25. The van der Waals surface area contributed by atoms with E-state index in [2.05, 4.69) is 15.1 Å². The maximum absolute atomic E-state index is 13.4. The van der Waals surface area contributed by atoms with Gasteiger partial charge in [0.2, 0.25) is 0 Å². The van der Waals surface area contributed by atoms with E-state index < -0.39 is 0 Å². The fourth-order valence-electron chi connectivity index (χ4n) is 2.76. The second kappa shape index (κ2) is 5.95. The topological polar surface area (TPSA) is 55.0 Å². The van der Waals surface area contributed by atoms with Crippen molar-refractivity contribution in [3.8, 4) is 0 Å². The Morgan fingerprint density at radius 2 is 2.14 bits per heavy atom. The fraction of sp³-hybridized carbons (Fsp3) is 0.333. The Hall–Kier alpha value is -1.72. The van der Waals surface area contributed by atoms with Crippen molar-refractivity contribution >= 4 is 17.4 Å². The van der Waals surface area contributed by atoms with Gasteiger partial charge in [0.05, 0.1) is 11.7 Å². The standard InChI is InChI=1S/C15H16ClFN4/c16-12-4-3-11(17)8-10(12)9-21-7-1-2-14(21)13-5-6-15(18)20-19-13/h3-6,8,14H,1-2,7,9H2,(H2,18,20).